The van der Waals surface area contributed by atoms with Crippen molar-refractivity contribution < 1.29 is 28.9 Å². The first-order valence-corrected chi connectivity index (χ1v) is 11.6. The fraction of sp³-hybridized carbons (Fsp3) is 0.407. The molecule has 4 rings (SSSR count). The van der Waals surface area contributed by atoms with Gasteiger partial charge in [0.25, 0.3) is 11.7 Å². The summed E-state index contributed by atoms with van der Waals surface area (Å²) >= 11 is 0. The summed E-state index contributed by atoms with van der Waals surface area (Å²) in [4.78, 5) is 27.8. The minimum atomic E-state index is -0.724. The molecule has 0 aromatic heterocycles. The van der Waals surface area contributed by atoms with E-state index in [9.17, 15) is 14.7 Å². The van der Waals surface area contributed by atoms with Gasteiger partial charge in [-0.15, -0.1) is 0 Å². The standard InChI is InChI=1S/C27H31NO6/c1-16(2)33-12-6-11-28-24(18-7-5-8-21(15-18)32-4)23(26(30)27(28)31)25(29)19-9-10-22-20(14-19)13-17(3)34-22/h5,7-10,14-17,24,29H,6,11-13H2,1-4H3/b25-23-. The maximum atomic E-state index is 13.2. The van der Waals surface area contributed by atoms with Gasteiger partial charge in [-0.25, -0.2) is 0 Å². The number of fused-ring (bicyclic) bond motifs is 1. The lowest BCUT2D eigenvalue weighted by molar-refractivity contribution is -0.140. The van der Waals surface area contributed by atoms with E-state index >= 15 is 0 Å². The van der Waals surface area contributed by atoms with Crippen LogP contribution >= 0.6 is 0 Å². The molecule has 2 aliphatic rings. The lowest BCUT2D eigenvalue weighted by Crippen LogP contribution is -2.31. The Morgan fingerprint density at radius 1 is 1.21 bits per heavy atom. The maximum Gasteiger partial charge on any atom is 0.295 e. The van der Waals surface area contributed by atoms with Crippen LogP contribution in [-0.2, 0) is 20.7 Å². The van der Waals surface area contributed by atoms with Gasteiger partial charge < -0.3 is 24.2 Å². The molecule has 0 bridgehead atoms. The van der Waals surface area contributed by atoms with Crippen molar-refractivity contribution in [3.8, 4) is 11.5 Å². The molecule has 7 nitrogen and oxygen atoms in total. The van der Waals surface area contributed by atoms with Gasteiger partial charge in [-0.1, -0.05) is 12.1 Å². The number of rotatable bonds is 8. The second-order valence-corrected chi connectivity index (χ2v) is 9.00. The highest BCUT2D eigenvalue weighted by molar-refractivity contribution is 6.46. The molecule has 2 unspecified atom stereocenters. The average Bonchev–Trinajstić information content (AvgIpc) is 3.31. The summed E-state index contributed by atoms with van der Waals surface area (Å²) in [5.41, 5.74) is 2.23. The van der Waals surface area contributed by atoms with Crippen molar-refractivity contribution >= 4 is 17.4 Å². The summed E-state index contributed by atoms with van der Waals surface area (Å²) in [7, 11) is 1.56. The minimum absolute atomic E-state index is 0.0582. The van der Waals surface area contributed by atoms with E-state index in [1.165, 1.54) is 4.90 Å². The van der Waals surface area contributed by atoms with Crippen molar-refractivity contribution in [1.82, 2.24) is 4.90 Å². The Hall–Kier alpha value is -3.32. The fourth-order valence-electron chi connectivity index (χ4n) is 4.55. The first-order chi connectivity index (χ1) is 16.3. The van der Waals surface area contributed by atoms with Crippen LogP contribution in [0, 0.1) is 0 Å². The van der Waals surface area contributed by atoms with Crippen LogP contribution in [0.1, 0.15) is 49.9 Å². The molecule has 0 radical (unpaired) electrons. The van der Waals surface area contributed by atoms with Gasteiger partial charge in [-0.3, -0.25) is 9.59 Å². The van der Waals surface area contributed by atoms with Crippen LogP contribution in [-0.4, -0.2) is 54.2 Å². The first-order valence-electron chi connectivity index (χ1n) is 11.6. The number of amides is 1. The zero-order chi connectivity index (χ0) is 24.4. The SMILES string of the molecule is COc1cccc(C2/C(=C(/O)c3ccc4c(c3)CC(C)O4)C(=O)C(=O)N2CCCOC(C)C)c1. The highest BCUT2D eigenvalue weighted by Crippen LogP contribution is 2.41. The predicted octanol–water partition coefficient (Wildman–Crippen LogP) is 4.26. The van der Waals surface area contributed by atoms with Crippen LogP contribution in [0.25, 0.3) is 5.76 Å². The quantitative estimate of drug-likeness (QED) is 0.271. The summed E-state index contributed by atoms with van der Waals surface area (Å²) in [6, 6.07) is 11.9. The van der Waals surface area contributed by atoms with Crippen LogP contribution in [0.5, 0.6) is 11.5 Å². The van der Waals surface area contributed by atoms with E-state index in [1.54, 1.807) is 31.4 Å². The third kappa shape index (κ3) is 4.66. The van der Waals surface area contributed by atoms with E-state index < -0.39 is 17.7 Å². The van der Waals surface area contributed by atoms with Crippen molar-refractivity contribution in [1.29, 1.82) is 0 Å². The molecule has 2 aliphatic heterocycles. The molecule has 2 atom stereocenters. The van der Waals surface area contributed by atoms with Gasteiger partial charge in [-0.05, 0) is 68.7 Å². The van der Waals surface area contributed by atoms with Crippen LogP contribution < -0.4 is 9.47 Å². The van der Waals surface area contributed by atoms with Crippen molar-refractivity contribution in [2.24, 2.45) is 0 Å². The van der Waals surface area contributed by atoms with E-state index in [2.05, 4.69) is 0 Å². The van der Waals surface area contributed by atoms with Crippen molar-refractivity contribution in [3.05, 3.63) is 64.7 Å². The Morgan fingerprint density at radius 3 is 2.74 bits per heavy atom. The molecule has 1 fully saturated rings. The van der Waals surface area contributed by atoms with E-state index in [0.717, 1.165) is 17.7 Å². The monoisotopic (exact) mass is 465 g/mol. The Bertz CT molecular complexity index is 1120. The highest BCUT2D eigenvalue weighted by atomic mass is 16.5. The number of nitrogens with zero attached hydrogens (tertiary/aromatic N) is 1. The van der Waals surface area contributed by atoms with Gasteiger partial charge in [0.05, 0.1) is 24.8 Å². The van der Waals surface area contributed by atoms with Crippen LogP contribution in [0.15, 0.2) is 48.0 Å². The number of carbonyl (C=O) groups excluding carboxylic acids is 2. The molecule has 0 saturated carbocycles. The molecule has 2 aromatic carbocycles. The Kier molecular flexibility index (Phi) is 6.93. The van der Waals surface area contributed by atoms with E-state index in [4.69, 9.17) is 14.2 Å². The number of hydrogen-bond donors (Lipinski definition) is 1. The van der Waals surface area contributed by atoms with Crippen molar-refractivity contribution in [3.63, 3.8) is 0 Å². The van der Waals surface area contributed by atoms with Crippen LogP contribution in [0.3, 0.4) is 0 Å². The number of benzene rings is 2. The third-order valence-corrected chi connectivity index (χ3v) is 6.11. The second-order valence-electron chi connectivity index (χ2n) is 9.00. The van der Waals surface area contributed by atoms with E-state index in [0.29, 0.717) is 36.4 Å². The van der Waals surface area contributed by atoms with Gasteiger partial charge in [0.15, 0.2) is 0 Å². The normalized spacial score (nSPS) is 21.1. The third-order valence-electron chi connectivity index (χ3n) is 6.11. The molecular weight excluding hydrogens is 434 g/mol. The number of ether oxygens (including phenoxy) is 3. The number of likely N-dealkylation sites (tertiary alicyclic amines) is 1. The molecule has 34 heavy (non-hydrogen) atoms. The summed E-state index contributed by atoms with van der Waals surface area (Å²) in [6.07, 6.45) is 1.43. The highest BCUT2D eigenvalue weighted by Gasteiger charge is 2.46. The van der Waals surface area contributed by atoms with Crippen LogP contribution in [0.4, 0.5) is 0 Å². The Labute approximate surface area is 199 Å². The fourth-order valence-corrected chi connectivity index (χ4v) is 4.55. The summed E-state index contributed by atoms with van der Waals surface area (Å²) < 4.78 is 16.7. The number of Topliss-reactive ketones (excluding diaryl/α,β-unsaturated/α-hetero) is 1. The number of aliphatic hydroxyl groups excluding tert-OH is 1. The molecule has 0 aliphatic carbocycles. The predicted molar refractivity (Wildman–Crippen MR) is 128 cm³/mol. The van der Waals surface area contributed by atoms with Crippen LogP contribution in [0.2, 0.25) is 0 Å². The van der Waals surface area contributed by atoms with Crippen molar-refractivity contribution in [2.45, 2.75) is 51.9 Å². The average molecular weight is 466 g/mol. The van der Waals surface area contributed by atoms with Gasteiger partial charge in [0, 0.05) is 25.1 Å². The molecule has 2 aromatic rings. The smallest absolute Gasteiger partial charge is 0.295 e. The van der Waals surface area contributed by atoms with Gasteiger partial charge in [-0.2, -0.15) is 0 Å². The molecule has 180 valence electrons. The number of ketones is 1. The maximum absolute atomic E-state index is 13.2. The summed E-state index contributed by atoms with van der Waals surface area (Å²) in [6.45, 7) is 6.67. The van der Waals surface area contributed by atoms with E-state index in [-0.39, 0.29) is 23.5 Å². The number of methoxy groups -OCH3 is 1. The van der Waals surface area contributed by atoms with Crippen molar-refractivity contribution in [2.75, 3.05) is 20.3 Å². The van der Waals surface area contributed by atoms with Gasteiger partial charge >= 0.3 is 0 Å². The number of aliphatic hydroxyl groups is 1. The Morgan fingerprint density at radius 2 is 2.00 bits per heavy atom. The molecule has 7 heteroatoms. The molecule has 2 heterocycles. The summed E-state index contributed by atoms with van der Waals surface area (Å²) in [5, 5.41) is 11.3. The lowest BCUT2D eigenvalue weighted by Gasteiger charge is -2.25. The molecule has 1 saturated heterocycles. The zero-order valence-corrected chi connectivity index (χ0v) is 20.0. The number of hydrogen-bond acceptors (Lipinski definition) is 6. The zero-order valence-electron chi connectivity index (χ0n) is 20.0. The minimum Gasteiger partial charge on any atom is -0.507 e. The topological polar surface area (TPSA) is 85.3 Å². The second kappa shape index (κ2) is 9.89. The Balaban J connectivity index is 1.75. The first kappa shape index (κ1) is 23.8. The molecular formula is C27H31NO6. The lowest BCUT2D eigenvalue weighted by atomic mass is 9.94. The molecule has 1 amide bonds. The number of carbonyl (C=O) groups is 2. The van der Waals surface area contributed by atoms with Gasteiger partial charge in [0.2, 0.25) is 0 Å². The largest absolute Gasteiger partial charge is 0.507 e. The van der Waals surface area contributed by atoms with E-state index in [1.807, 2.05) is 39.0 Å². The molecule has 1 N–H and O–H groups in total. The molecule has 0 spiro atoms. The summed E-state index contributed by atoms with van der Waals surface area (Å²) in [5.74, 6) is -0.124. The van der Waals surface area contributed by atoms with Gasteiger partial charge in [0.1, 0.15) is 23.4 Å².